The third kappa shape index (κ3) is 3.73. The lowest BCUT2D eigenvalue weighted by Crippen LogP contribution is -2.41. The van der Waals surface area contributed by atoms with Crippen molar-refractivity contribution in [2.75, 3.05) is 26.7 Å². The second-order valence-corrected chi connectivity index (χ2v) is 7.21. The molecule has 0 spiro atoms. The van der Waals surface area contributed by atoms with Crippen LogP contribution in [0.1, 0.15) is 30.9 Å². The van der Waals surface area contributed by atoms with Crippen LogP contribution in [-0.4, -0.2) is 43.4 Å². The number of carbonyl (C=O) groups excluding carboxylic acids is 2. The lowest BCUT2D eigenvalue weighted by Gasteiger charge is -2.27. The van der Waals surface area contributed by atoms with E-state index in [1.807, 2.05) is 18.2 Å². The van der Waals surface area contributed by atoms with Crippen molar-refractivity contribution in [3.63, 3.8) is 0 Å². The summed E-state index contributed by atoms with van der Waals surface area (Å²) in [6.45, 7) is 2.67. The molecule has 1 aromatic carbocycles. The van der Waals surface area contributed by atoms with Gasteiger partial charge in [-0.3, -0.25) is 9.59 Å². The number of hydrogen-bond acceptors (Lipinski definition) is 3. The van der Waals surface area contributed by atoms with Crippen molar-refractivity contribution in [1.29, 1.82) is 0 Å². The van der Waals surface area contributed by atoms with Crippen LogP contribution < -0.4 is 10.6 Å². The van der Waals surface area contributed by atoms with Gasteiger partial charge in [0.25, 0.3) is 0 Å². The molecule has 2 aliphatic heterocycles. The summed E-state index contributed by atoms with van der Waals surface area (Å²) in [6, 6.07) is 7.17. The van der Waals surface area contributed by atoms with Crippen LogP contribution in [0.15, 0.2) is 24.3 Å². The van der Waals surface area contributed by atoms with Gasteiger partial charge in [0, 0.05) is 25.0 Å². The molecule has 3 rings (SSSR count). The molecular weight excluding hydrogens is 326 g/mol. The van der Waals surface area contributed by atoms with Gasteiger partial charge in [-0.1, -0.05) is 23.7 Å². The van der Waals surface area contributed by atoms with E-state index in [1.54, 1.807) is 18.0 Å². The molecule has 0 radical (unpaired) electrons. The Morgan fingerprint density at radius 2 is 2.29 bits per heavy atom. The van der Waals surface area contributed by atoms with Gasteiger partial charge in [0.05, 0.1) is 12.0 Å². The van der Waals surface area contributed by atoms with E-state index < -0.39 is 0 Å². The average Bonchev–Trinajstić information content (AvgIpc) is 2.89. The number of nitrogens with zero attached hydrogens (tertiary/aromatic N) is 1. The predicted octanol–water partition coefficient (Wildman–Crippen LogP) is 1.98. The highest BCUT2D eigenvalue weighted by Crippen LogP contribution is 2.37. The lowest BCUT2D eigenvalue weighted by atomic mass is 9.92. The van der Waals surface area contributed by atoms with E-state index in [4.69, 9.17) is 11.6 Å². The maximum atomic E-state index is 12.7. The fourth-order valence-electron chi connectivity index (χ4n) is 3.73. The number of rotatable bonds is 4. The van der Waals surface area contributed by atoms with E-state index >= 15 is 0 Å². The van der Waals surface area contributed by atoms with Gasteiger partial charge < -0.3 is 15.5 Å². The van der Waals surface area contributed by atoms with Crippen LogP contribution in [-0.2, 0) is 9.59 Å². The van der Waals surface area contributed by atoms with Crippen molar-refractivity contribution in [2.45, 2.75) is 25.3 Å². The van der Waals surface area contributed by atoms with E-state index in [2.05, 4.69) is 10.6 Å². The molecular formula is C18H24ClN3O2. The summed E-state index contributed by atoms with van der Waals surface area (Å²) in [5.41, 5.74) is 0.912. The molecule has 24 heavy (non-hydrogen) atoms. The molecule has 0 saturated carbocycles. The molecule has 2 amide bonds. The SMILES string of the molecule is CN1C(=O)CC(C(=O)NCC2CCCNC2)C1c1cccc(Cl)c1. The topological polar surface area (TPSA) is 61.4 Å². The Hall–Kier alpha value is -1.59. The van der Waals surface area contributed by atoms with E-state index in [9.17, 15) is 9.59 Å². The van der Waals surface area contributed by atoms with Gasteiger partial charge in [0.15, 0.2) is 0 Å². The van der Waals surface area contributed by atoms with Gasteiger partial charge >= 0.3 is 0 Å². The maximum Gasteiger partial charge on any atom is 0.226 e. The molecule has 2 aliphatic rings. The molecule has 6 heteroatoms. The minimum atomic E-state index is -0.363. The quantitative estimate of drug-likeness (QED) is 0.873. The summed E-state index contributed by atoms with van der Waals surface area (Å²) in [7, 11) is 1.76. The fraction of sp³-hybridized carbons (Fsp3) is 0.556. The summed E-state index contributed by atoms with van der Waals surface area (Å²) < 4.78 is 0. The van der Waals surface area contributed by atoms with Crippen LogP contribution in [0.25, 0.3) is 0 Å². The van der Waals surface area contributed by atoms with Crippen LogP contribution in [0.2, 0.25) is 5.02 Å². The minimum Gasteiger partial charge on any atom is -0.355 e. The molecule has 0 aromatic heterocycles. The van der Waals surface area contributed by atoms with Gasteiger partial charge in [-0.2, -0.15) is 0 Å². The fourth-order valence-corrected chi connectivity index (χ4v) is 3.92. The predicted molar refractivity (Wildman–Crippen MR) is 93.7 cm³/mol. The minimum absolute atomic E-state index is 0.000501. The lowest BCUT2D eigenvalue weighted by molar-refractivity contribution is -0.128. The van der Waals surface area contributed by atoms with Crippen LogP contribution in [0.5, 0.6) is 0 Å². The third-order valence-corrected chi connectivity index (χ3v) is 5.31. The molecule has 0 bridgehead atoms. The Bertz CT molecular complexity index is 616. The van der Waals surface area contributed by atoms with Gasteiger partial charge in [0.1, 0.15) is 0 Å². The Labute approximate surface area is 147 Å². The highest BCUT2D eigenvalue weighted by atomic mass is 35.5. The monoisotopic (exact) mass is 349 g/mol. The number of nitrogens with one attached hydrogen (secondary N) is 2. The molecule has 3 unspecified atom stereocenters. The maximum absolute atomic E-state index is 12.7. The Morgan fingerprint density at radius 1 is 1.46 bits per heavy atom. The number of hydrogen-bond donors (Lipinski definition) is 2. The normalized spacial score (nSPS) is 27.3. The van der Waals surface area contributed by atoms with Crippen molar-refractivity contribution >= 4 is 23.4 Å². The molecule has 2 N–H and O–H groups in total. The molecule has 2 fully saturated rings. The van der Waals surface area contributed by atoms with E-state index in [-0.39, 0.29) is 30.2 Å². The zero-order chi connectivity index (χ0) is 17.1. The molecule has 2 saturated heterocycles. The van der Waals surface area contributed by atoms with Crippen LogP contribution in [0.4, 0.5) is 0 Å². The second-order valence-electron chi connectivity index (χ2n) is 6.77. The summed E-state index contributed by atoms with van der Waals surface area (Å²) in [4.78, 5) is 26.5. The third-order valence-electron chi connectivity index (χ3n) is 5.08. The number of benzene rings is 1. The Balaban J connectivity index is 1.69. The molecule has 0 aliphatic carbocycles. The van der Waals surface area contributed by atoms with Gasteiger partial charge in [-0.25, -0.2) is 0 Å². The zero-order valence-corrected chi connectivity index (χ0v) is 14.7. The number of amides is 2. The summed E-state index contributed by atoms with van der Waals surface area (Å²) in [6.07, 6.45) is 2.53. The van der Waals surface area contributed by atoms with Crippen molar-refractivity contribution < 1.29 is 9.59 Å². The molecule has 5 nitrogen and oxygen atoms in total. The van der Waals surface area contributed by atoms with Crippen molar-refractivity contribution in [3.8, 4) is 0 Å². The summed E-state index contributed by atoms with van der Waals surface area (Å²) in [5, 5.41) is 7.03. The zero-order valence-electron chi connectivity index (χ0n) is 13.9. The smallest absolute Gasteiger partial charge is 0.226 e. The highest BCUT2D eigenvalue weighted by molar-refractivity contribution is 6.30. The second kappa shape index (κ2) is 7.53. The first-order valence-electron chi connectivity index (χ1n) is 8.56. The van der Waals surface area contributed by atoms with Gasteiger partial charge in [0.2, 0.25) is 11.8 Å². The molecule has 2 heterocycles. The first-order valence-corrected chi connectivity index (χ1v) is 8.93. The molecule has 1 aromatic rings. The van der Waals surface area contributed by atoms with E-state index in [1.165, 1.54) is 0 Å². The first kappa shape index (κ1) is 17.2. The standard InChI is InChI=1S/C18H24ClN3O2/c1-22-16(23)9-15(17(22)13-5-2-6-14(19)8-13)18(24)21-11-12-4-3-7-20-10-12/h2,5-6,8,12,15,17,20H,3-4,7,9-11H2,1H3,(H,21,24). The summed E-state index contributed by atoms with van der Waals surface area (Å²) >= 11 is 6.09. The van der Waals surface area contributed by atoms with Gasteiger partial charge in [-0.05, 0) is 49.5 Å². The number of carbonyl (C=O) groups is 2. The Morgan fingerprint density at radius 3 is 3.00 bits per heavy atom. The van der Waals surface area contributed by atoms with Crippen molar-refractivity contribution in [1.82, 2.24) is 15.5 Å². The van der Waals surface area contributed by atoms with Gasteiger partial charge in [-0.15, -0.1) is 0 Å². The van der Waals surface area contributed by atoms with Crippen molar-refractivity contribution in [3.05, 3.63) is 34.9 Å². The van der Waals surface area contributed by atoms with E-state index in [0.717, 1.165) is 31.5 Å². The number of piperidine rings is 1. The molecule has 3 atom stereocenters. The highest BCUT2D eigenvalue weighted by Gasteiger charge is 2.42. The van der Waals surface area contributed by atoms with Crippen LogP contribution >= 0.6 is 11.6 Å². The molecule has 130 valence electrons. The first-order chi connectivity index (χ1) is 11.6. The number of likely N-dealkylation sites (tertiary alicyclic amines) is 1. The van der Waals surface area contributed by atoms with Crippen LogP contribution in [0.3, 0.4) is 0 Å². The van der Waals surface area contributed by atoms with Crippen molar-refractivity contribution in [2.24, 2.45) is 11.8 Å². The largest absolute Gasteiger partial charge is 0.355 e. The van der Waals surface area contributed by atoms with Crippen LogP contribution in [0, 0.1) is 11.8 Å². The summed E-state index contributed by atoms with van der Waals surface area (Å²) in [5.74, 6) is 0.0716. The number of halogens is 1. The van der Waals surface area contributed by atoms with E-state index in [0.29, 0.717) is 17.5 Å². The Kier molecular flexibility index (Phi) is 5.41. The average molecular weight is 350 g/mol.